The van der Waals surface area contributed by atoms with Crippen LogP contribution in [0.5, 0.6) is 0 Å². The molecular weight excluding hydrogens is 224 g/mol. The fourth-order valence-corrected chi connectivity index (χ4v) is 2.26. The number of ether oxygens (including phenoxy) is 1. The predicted octanol–water partition coefficient (Wildman–Crippen LogP) is 2.02. The summed E-state index contributed by atoms with van der Waals surface area (Å²) in [6, 6.07) is 8.83. The summed E-state index contributed by atoms with van der Waals surface area (Å²) < 4.78 is 5.37. The number of morpholine rings is 1. The van der Waals surface area contributed by atoms with Gasteiger partial charge in [0.1, 0.15) is 0 Å². The molecular formula is C15H24N2O. The van der Waals surface area contributed by atoms with E-state index in [2.05, 4.69) is 48.0 Å². The molecule has 1 aliphatic heterocycles. The Balaban J connectivity index is 1.84. The van der Waals surface area contributed by atoms with Crippen molar-refractivity contribution in [1.29, 1.82) is 0 Å². The van der Waals surface area contributed by atoms with Crippen molar-refractivity contribution in [3.63, 3.8) is 0 Å². The first-order valence-electron chi connectivity index (χ1n) is 6.90. The highest BCUT2D eigenvalue weighted by atomic mass is 16.5. The van der Waals surface area contributed by atoms with Crippen LogP contribution in [0.15, 0.2) is 24.3 Å². The molecule has 0 amide bonds. The Bertz CT molecular complexity index is 361. The summed E-state index contributed by atoms with van der Waals surface area (Å²) in [6.45, 7) is 8.31. The number of nitrogens with zero attached hydrogens (tertiary/aromatic N) is 2. The monoisotopic (exact) mass is 248 g/mol. The van der Waals surface area contributed by atoms with Crippen LogP contribution in [0.25, 0.3) is 0 Å². The van der Waals surface area contributed by atoms with Gasteiger partial charge < -0.3 is 9.64 Å². The van der Waals surface area contributed by atoms with Crippen molar-refractivity contribution in [2.45, 2.75) is 13.3 Å². The SMILES string of the molecule is CCc1cccc(N(C)CCN2CCOCC2)c1. The average molecular weight is 248 g/mol. The Hall–Kier alpha value is -1.06. The first kappa shape index (κ1) is 13.4. The third-order valence-corrected chi connectivity index (χ3v) is 3.61. The molecule has 100 valence electrons. The Labute approximate surface area is 110 Å². The number of anilines is 1. The third-order valence-electron chi connectivity index (χ3n) is 3.61. The zero-order valence-electron chi connectivity index (χ0n) is 11.6. The highest BCUT2D eigenvalue weighted by Gasteiger charge is 2.11. The maximum Gasteiger partial charge on any atom is 0.0594 e. The quantitative estimate of drug-likeness (QED) is 0.793. The molecule has 0 aliphatic carbocycles. The molecule has 0 bridgehead atoms. The number of aryl methyl sites for hydroxylation is 1. The first-order chi connectivity index (χ1) is 8.79. The van der Waals surface area contributed by atoms with Crippen molar-refractivity contribution >= 4 is 5.69 Å². The largest absolute Gasteiger partial charge is 0.379 e. The Morgan fingerprint density at radius 1 is 1.28 bits per heavy atom. The van der Waals surface area contributed by atoms with E-state index >= 15 is 0 Å². The van der Waals surface area contributed by atoms with Gasteiger partial charge in [-0.25, -0.2) is 0 Å². The molecule has 1 fully saturated rings. The van der Waals surface area contributed by atoms with Crippen LogP contribution in [-0.4, -0.2) is 51.3 Å². The molecule has 1 aliphatic rings. The van der Waals surface area contributed by atoms with Gasteiger partial charge in [0.25, 0.3) is 0 Å². The normalized spacial score (nSPS) is 16.8. The van der Waals surface area contributed by atoms with Crippen molar-refractivity contribution in [3.8, 4) is 0 Å². The van der Waals surface area contributed by atoms with Crippen molar-refractivity contribution < 1.29 is 4.74 Å². The van der Waals surface area contributed by atoms with E-state index in [0.717, 1.165) is 45.8 Å². The highest BCUT2D eigenvalue weighted by Crippen LogP contribution is 2.15. The van der Waals surface area contributed by atoms with Gasteiger partial charge in [-0.05, 0) is 24.1 Å². The summed E-state index contributed by atoms with van der Waals surface area (Å²) in [5.41, 5.74) is 2.73. The lowest BCUT2D eigenvalue weighted by atomic mass is 10.1. The van der Waals surface area contributed by atoms with Crippen LogP contribution in [0.4, 0.5) is 5.69 Å². The van der Waals surface area contributed by atoms with Gasteiger partial charge in [-0.2, -0.15) is 0 Å². The van der Waals surface area contributed by atoms with Crippen LogP contribution in [0.2, 0.25) is 0 Å². The average Bonchev–Trinajstić information content (AvgIpc) is 2.46. The fraction of sp³-hybridized carbons (Fsp3) is 0.600. The minimum absolute atomic E-state index is 0.884. The number of hydrogen-bond acceptors (Lipinski definition) is 3. The zero-order chi connectivity index (χ0) is 12.8. The summed E-state index contributed by atoms with van der Waals surface area (Å²) >= 11 is 0. The van der Waals surface area contributed by atoms with Crippen LogP contribution >= 0.6 is 0 Å². The molecule has 18 heavy (non-hydrogen) atoms. The Morgan fingerprint density at radius 3 is 2.78 bits per heavy atom. The number of rotatable bonds is 5. The maximum absolute atomic E-state index is 5.37. The van der Waals surface area contributed by atoms with Gasteiger partial charge >= 0.3 is 0 Å². The first-order valence-corrected chi connectivity index (χ1v) is 6.90. The van der Waals surface area contributed by atoms with E-state index in [1.165, 1.54) is 11.3 Å². The summed E-state index contributed by atoms with van der Waals surface area (Å²) in [5.74, 6) is 0. The maximum atomic E-state index is 5.37. The summed E-state index contributed by atoms with van der Waals surface area (Å²) in [4.78, 5) is 4.82. The summed E-state index contributed by atoms with van der Waals surface area (Å²) in [6.07, 6.45) is 1.10. The molecule has 0 spiro atoms. The van der Waals surface area contributed by atoms with Crippen molar-refractivity contribution in [3.05, 3.63) is 29.8 Å². The van der Waals surface area contributed by atoms with E-state index in [1.54, 1.807) is 0 Å². The molecule has 0 unspecified atom stereocenters. The van der Waals surface area contributed by atoms with Gasteiger partial charge in [0, 0.05) is 38.9 Å². The molecule has 0 aromatic heterocycles. The van der Waals surface area contributed by atoms with Gasteiger partial charge in [0.2, 0.25) is 0 Å². The molecule has 0 saturated carbocycles. The lowest BCUT2D eigenvalue weighted by Crippen LogP contribution is -2.40. The predicted molar refractivity (Wildman–Crippen MR) is 76.3 cm³/mol. The van der Waals surface area contributed by atoms with Crippen LogP contribution < -0.4 is 4.90 Å². The summed E-state index contributed by atoms with van der Waals surface area (Å²) in [5, 5.41) is 0. The number of benzene rings is 1. The molecule has 2 rings (SSSR count). The molecule has 3 nitrogen and oxygen atoms in total. The van der Waals surface area contributed by atoms with Gasteiger partial charge in [-0.3, -0.25) is 4.90 Å². The Morgan fingerprint density at radius 2 is 2.06 bits per heavy atom. The van der Waals surface area contributed by atoms with Crippen molar-refractivity contribution in [2.24, 2.45) is 0 Å². The van der Waals surface area contributed by atoms with Crippen LogP contribution in [-0.2, 0) is 11.2 Å². The molecule has 0 N–H and O–H groups in total. The van der Waals surface area contributed by atoms with E-state index in [9.17, 15) is 0 Å². The topological polar surface area (TPSA) is 15.7 Å². The van der Waals surface area contributed by atoms with E-state index in [1.807, 2.05) is 0 Å². The lowest BCUT2D eigenvalue weighted by molar-refractivity contribution is 0.0393. The molecule has 0 atom stereocenters. The van der Waals surface area contributed by atoms with Gasteiger partial charge in [-0.1, -0.05) is 19.1 Å². The van der Waals surface area contributed by atoms with Crippen LogP contribution in [0.3, 0.4) is 0 Å². The van der Waals surface area contributed by atoms with Gasteiger partial charge in [-0.15, -0.1) is 0 Å². The minimum atomic E-state index is 0.884. The fourth-order valence-electron chi connectivity index (χ4n) is 2.26. The number of hydrogen-bond donors (Lipinski definition) is 0. The second-order valence-corrected chi connectivity index (χ2v) is 4.90. The zero-order valence-corrected chi connectivity index (χ0v) is 11.6. The van der Waals surface area contributed by atoms with E-state index in [-0.39, 0.29) is 0 Å². The smallest absolute Gasteiger partial charge is 0.0594 e. The van der Waals surface area contributed by atoms with Gasteiger partial charge in [0.05, 0.1) is 13.2 Å². The highest BCUT2D eigenvalue weighted by molar-refractivity contribution is 5.47. The molecule has 1 aromatic carbocycles. The third kappa shape index (κ3) is 3.72. The van der Waals surface area contributed by atoms with E-state index in [0.29, 0.717) is 0 Å². The van der Waals surface area contributed by atoms with Crippen molar-refractivity contribution in [2.75, 3.05) is 51.3 Å². The molecule has 3 heteroatoms. The Kier molecular flexibility index (Phi) is 5.02. The molecule has 1 aromatic rings. The van der Waals surface area contributed by atoms with E-state index < -0.39 is 0 Å². The molecule has 1 saturated heterocycles. The van der Waals surface area contributed by atoms with Gasteiger partial charge in [0.15, 0.2) is 0 Å². The minimum Gasteiger partial charge on any atom is -0.379 e. The second kappa shape index (κ2) is 6.76. The van der Waals surface area contributed by atoms with Crippen LogP contribution in [0, 0.1) is 0 Å². The van der Waals surface area contributed by atoms with Crippen LogP contribution in [0.1, 0.15) is 12.5 Å². The molecule has 0 radical (unpaired) electrons. The summed E-state index contributed by atoms with van der Waals surface area (Å²) in [7, 11) is 2.18. The van der Waals surface area contributed by atoms with Crippen molar-refractivity contribution in [1.82, 2.24) is 4.90 Å². The second-order valence-electron chi connectivity index (χ2n) is 4.90. The van der Waals surface area contributed by atoms with E-state index in [4.69, 9.17) is 4.74 Å². The molecule has 1 heterocycles. The lowest BCUT2D eigenvalue weighted by Gasteiger charge is -2.29. The number of likely N-dealkylation sites (N-methyl/N-ethyl adjacent to an activating group) is 1. The standard InChI is InChI=1S/C15H24N2O/c1-3-14-5-4-6-15(13-14)16(2)7-8-17-9-11-18-12-10-17/h4-6,13H,3,7-12H2,1-2H3.